The first kappa shape index (κ1) is 29.4. The summed E-state index contributed by atoms with van der Waals surface area (Å²) >= 11 is 0. The van der Waals surface area contributed by atoms with Crippen molar-refractivity contribution in [2.24, 2.45) is 0 Å². The summed E-state index contributed by atoms with van der Waals surface area (Å²) in [6.45, 7) is 5.34. The first-order valence-corrected chi connectivity index (χ1v) is 14.3. The van der Waals surface area contributed by atoms with Crippen LogP contribution in [0.5, 0.6) is 17.2 Å². The third-order valence-electron chi connectivity index (χ3n) is 7.06. The molecule has 8 heteroatoms. The van der Waals surface area contributed by atoms with Crippen LogP contribution in [-0.2, 0) is 22.7 Å². The highest BCUT2D eigenvalue weighted by Gasteiger charge is 2.46. The molecule has 8 nitrogen and oxygen atoms in total. The third-order valence-corrected chi connectivity index (χ3v) is 7.06. The Morgan fingerprint density at radius 1 is 0.837 bits per heavy atom. The van der Waals surface area contributed by atoms with Crippen molar-refractivity contribution in [1.29, 1.82) is 0 Å². The number of hydrogen-bond acceptors (Lipinski definition) is 7. The van der Waals surface area contributed by atoms with Gasteiger partial charge < -0.3 is 24.2 Å². The van der Waals surface area contributed by atoms with Gasteiger partial charge in [0.15, 0.2) is 11.5 Å². The molecule has 0 radical (unpaired) electrons. The molecule has 0 saturated carbocycles. The van der Waals surface area contributed by atoms with E-state index in [-0.39, 0.29) is 17.9 Å². The molecule has 1 fully saturated rings. The van der Waals surface area contributed by atoms with Crippen LogP contribution < -0.4 is 14.2 Å². The molecule has 1 aromatic heterocycles. The normalized spacial score (nSPS) is 15.9. The predicted octanol–water partition coefficient (Wildman–Crippen LogP) is 6.47. The number of aromatic nitrogens is 1. The number of aliphatic hydroxyl groups excluding tert-OH is 1. The Hall–Kier alpha value is -5.11. The second-order valence-electron chi connectivity index (χ2n) is 10.1. The van der Waals surface area contributed by atoms with Crippen molar-refractivity contribution in [3.8, 4) is 17.2 Å². The minimum atomic E-state index is -0.869. The molecule has 0 aliphatic carbocycles. The maximum absolute atomic E-state index is 13.5. The molecule has 1 amide bonds. The van der Waals surface area contributed by atoms with Gasteiger partial charge in [0.05, 0.1) is 24.8 Å². The van der Waals surface area contributed by atoms with Crippen molar-refractivity contribution < 1.29 is 28.9 Å². The van der Waals surface area contributed by atoms with Gasteiger partial charge in [-0.25, -0.2) is 0 Å². The molecule has 220 valence electrons. The molecule has 0 bridgehead atoms. The highest BCUT2D eigenvalue weighted by molar-refractivity contribution is 6.46. The molecular weight excluding hydrogens is 544 g/mol. The highest BCUT2D eigenvalue weighted by atomic mass is 16.5. The number of likely N-dealkylation sites (tertiary alicyclic amines) is 1. The SMILES string of the molecule is CCCOc1ccc(/C(O)=C2\C(=O)C(=O)N(Cc3ccncc3)C2c2ccc(OCc3ccccc3)c(OCC)c2)cc1. The fraction of sp³-hybridized carbons (Fsp3) is 0.229. The van der Waals surface area contributed by atoms with Crippen molar-refractivity contribution in [2.75, 3.05) is 13.2 Å². The van der Waals surface area contributed by atoms with Crippen LogP contribution in [-0.4, -0.2) is 39.9 Å². The average molecular weight is 579 g/mol. The van der Waals surface area contributed by atoms with Gasteiger partial charge in [0.1, 0.15) is 18.1 Å². The number of rotatable bonds is 12. The van der Waals surface area contributed by atoms with Gasteiger partial charge in [0.25, 0.3) is 11.7 Å². The van der Waals surface area contributed by atoms with E-state index < -0.39 is 17.7 Å². The summed E-state index contributed by atoms with van der Waals surface area (Å²) in [5.41, 5.74) is 2.82. The van der Waals surface area contributed by atoms with Gasteiger partial charge in [0.2, 0.25) is 0 Å². The molecular formula is C35H34N2O6. The van der Waals surface area contributed by atoms with E-state index in [9.17, 15) is 14.7 Å². The second-order valence-corrected chi connectivity index (χ2v) is 10.1. The van der Waals surface area contributed by atoms with Crippen molar-refractivity contribution >= 4 is 17.4 Å². The van der Waals surface area contributed by atoms with Crippen LogP contribution in [0.4, 0.5) is 0 Å². The van der Waals surface area contributed by atoms with Crippen LogP contribution in [0, 0.1) is 0 Å². The lowest BCUT2D eigenvalue weighted by molar-refractivity contribution is -0.140. The van der Waals surface area contributed by atoms with Crippen molar-refractivity contribution in [2.45, 2.75) is 39.5 Å². The monoisotopic (exact) mass is 578 g/mol. The van der Waals surface area contributed by atoms with Crippen molar-refractivity contribution in [3.05, 3.63) is 125 Å². The summed E-state index contributed by atoms with van der Waals surface area (Å²) in [7, 11) is 0. The standard InChI is InChI=1S/C35H34N2O6/c1-3-20-42-28-13-10-26(11-14-28)33(38)31-32(37(35(40)34(31)39)22-24-16-18-36-19-17-24)27-12-15-29(30(21-27)41-4-2)43-23-25-8-6-5-7-9-25/h5-19,21,32,38H,3-4,20,22-23H2,1-2H3/b33-31+. The Morgan fingerprint density at radius 2 is 1.58 bits per heavy atom. The number of ether oxygens (including phenoxy) is 3. The molecule has 0 spiro atoms. The quantitative estimate of drug-likeness (QED) is 0.117. The molecule has 1 unspecified atom stereocenters. The third kappa shape index (κ3) is 6.70. The first-order chi connectivity index (χ1) is 21.0. The van der Waals surface area contributed by atoms with Gasteiger partial charge in [-0.2, -0.15) is 0 Å². The zero-order chi connectivity index (χ0) is 30.2. The van der Waals surface area contributed by atoms with Gasteiger partial charge in [-0.15, -0.1) is 0 Å². The van der Waals surface area contributed by atoms with E-state index in [1.54, 1.807) is 67.0 Å². The van der Waals surface area contributed by atoms with E-state index in [4.69, 9.17) is 14.2 Å². The van der Waals surface area contributed by atoms with Crippen LogP contribution >= 0.6 is 0 Å². The number of carbonyl (C=O) groups excluding carboxylic acids is 2. The fourth-order valence-electron chi connectivity index (χ4n) is 4.98. The topological polar surface area (TPSA) is 98.2 Å². The molecule has 2 heterocycles. The van der Waals surface area contributed by atoms with E-state index in [1.165, 1.54) is 4.90 Å². The largest absolute Gasteiger partial charge is 0.507 e. The Bertz CT molecular complexity index is 1590. The summed E-state index contributed by atoms with van der Waals surface area (Å²) in [6, 6.07) is 24.7. The minimum absolute atomic E-state index is 0.00156. The summed E-state index contributed by atoms with van der Waals surface area (Å²) in [5, 5.41) is 11.5. The number of ketones is 1. The van der Waals surface area contributed by atoms with Gasteiger partial charge in [-0.3, -0.25) is 14.6 Å². The molecule has 1 saturated heterocycles. The number of benzene rings is 3. The van der Waals surface area contributed by atoms with E-state index in [0.29, 0.717) is 48.2 Å². The predicted molar refractivity (Wildman–Crippen MR) is 163 cm³/mol. The lowest BCUT2D eigenvalue weighted by atomic mass is 9.94. The molecule has 43 heavy (non-hydrogen) atoms. The number of hydrogen-bond donors (Lipinski definition) is 1. The van der Waals surface area contributed by atoms with Crippen LogP contribution in [0.3, 0.4) is 0 Å². The zero-order valence-electron chi connectivity index (χ0n) is 24.2. The van der Waals surface area contributed by atoms with Crippen molar-refractivity contribution in [1.82, 2.24) is 9.88 Å². The Kier molecular flexibility index (Phi) is 9.36. The summed E-state index contributed by atoms with van der Waals surface area (Å²) in [6.07, 6.45) is 4.13. The first-order valence-electron chi connectivity index (χ1n) is 14.3. The minimum Gasteiger partial charge on any atom is -0.507 e. The molecule has 1 aliphatic rings. The number of amides is 1. The number of Topliss-reactive ketones (excluding diaryl/α,β-unsaturated/α-hetero) is 1. The molecule has 1 N–H and O–H groups in total. The number of pyridine rings is 1. The molecule has 1 aliphatic heterocycles. The average Bonchev–Trinajstić information content (AvgIpc) is 3.29. The second kappa shape index (κ2) is 13.7. The fourth-order valence-corrected chi connectivity index (χ4v) is 4.98. The zero-order valence-corrected chi connectivity index (χ0v) is 24.2. The lowest BCUT2D eigenvalue weighted by Crippen LogP contribution is -2.29. The van der Waals surface area contributed by atoms with Gasteiger partial charge in [0, 0.05) is 24.5 Å². The van der Waals surface area contributed by atoms with E-state index in [2.05, 4.69) is 4.98 Å². The molecule has 5 rings (SSSR count). The maximum atomic E-state index is 13.5. The van der Waals surface area contributed by atoms with Crippen LogP contribution in [0.15, 0.2) is 103 Å². The summed E-state index contributed by atoms with van der Waals surface area (Å²) in [5.74, 6) is -0.0598. The summed E-state index contributed by atoms with van der Waals surface area (Å²) < 4.78 is 17.7. The van der Waals surface area contributed by atoms with Crippen LogP contribution in [0.25, 0.3) is 5.76 Å². The van der Waals surface area contributed by atoms with Gasteiger partial charge in [-0.05, 0) is 78.6 Å². The Balaban J connectivity index is 1.56. The Labute approximate surface area is 251 Å². The number of aliphatic hydroxyl groups is 1. The Morgan fingerprint density at radius 3 is 2.28 bits per heavy atom. The smallest absolute Gasteiger partial charge is 0.295 e. The van der Waals surface area contributed by atoms with E-state index >= 15 is 0 Å². The van der Waals surface area contributed by atoms with Crippen LogP contribution in [0.1, 0.15) is 48.6 Å². The maximum Gasteiger partial charge on any atom is 0.295 e. The summed E-state index contributed by atoms with van der Waals surface area (Å²) in [4.78, 5) is 32.6. The van der Waals surface area contributed by atoms with E-state index in [1.807, 2.05) is 44.2 Å². The lowest BCUT2D eigenvalue weighted by Gasteiger charge is -2.26. The van der Waals surface area contributed by atoms with Gasteiger partial charge in [-0.1, -0.05) is 43.3 Å². The molecule has 4 aromatic rings. The highest BCUT2D eigenvalue weighted by Crippen LogP contribution is 2.43. The number of nitrogens with zero attached hydrogens (tertiary/aromatic N) is 2. The van der Waals surface area contributed by atoms with Crippen molar-refractivity contribution in [3.63, 3.8) is 0 Å². The number of carbonyl (C=O) groups is 2. The molecule has 3 aromatic carbocycles. The molecule has 1 atom stereocenters. The van der Waals surface area contributed by atoms with E-state index in [0.717, 1.165) is 17.5 Å². The van der Waals surface area contributed by atoms with Crippen LogP contribution in [0.2, 0.25) is 0 Å². The van der Waals surface area contributed by atoms with Gasteiger partial charge >= 0.3 is 0 Å².